The van der Waals surface area contributed by atoms with Crippen LogP contribution in [0, 0.1) is 11.8 Å². The van der Waals surface area contributed by atoms with E-state index in [0.29, 0.717) is 17.4 Å². The lowest BCUT2D eigenvalue weighted by Crippen LogP contribution is -2.49. The van der Waals surface area contributed by atoms with Crippen LogP contribution in [0.25, 0.3) is 0 Å². The van der Waals surface area contributed by atoms with Crippen LogP contribution in [0.15, 0.2) is 12.1 Å². The Bertz CT molecular complexity index is 671. The van der Waals surface area contributed by atoms with Gasteiger partial charge in [0.25, 0.3) is 5.91 Å². The minimum atomic E-state index is -0.528. The first-order chi connectivity index (χ1) is 12.3. The molecule has 1 saturated carbocycles. The van der Waals surface area contributed by atoms with Gasteiger partial charge in [-0.15, -0.1) is 0 Å². The summed E-state index contributed by atoms with van der Waals surface area (Å²) in [7, 11) is 0. The molecule has 0 bridgehead atoms. The van der Waals surface area contributed by atoms with Crippen molar-refractivity contribution in [3.05, 3.63) is 28.8 Å². The molecule has 144 valence electrons. The third-order valence-corrected chi connectivity index (χ3v) is 6.06. The molecule has 3 rings (SSSR count). The SMILES string of the molecule is CC(C)c1cc(C(=O)N[C@H]2C[C@H]3CNC[C@H]3C[C@@H]2O)c(O)c(C(C)C)c1. The summed E-state index contributed by atoms with van der Waals surface area (Å²) in [6.45, 7) is 10.1. The molecule has 0 aromatic heterocycles. The van der Waals surface area contributed by atoms with Crippen LogP contribution in [0.2, 0.25) is 0 Å². The van der Waals surface area contributed by atoms with Gasteiger partial charge in [-0.1, -0.05) is 33.8 Å². The Balaban J connectivity index is 1.82. The van der Waals surface area contributed by atoms with E-state index in [0.717, 1.165) is 37.1 Å². The van der Waals surface area contributed by atoms with Gasteiger partial charge in [-0.2, -0.15) is 0 Å². The Labute approximate surface area is 156 Å². The lowest BCUT2D eigenvalue weighted by Gasteiger charge is -2.35. The molecular formula is C21H32N2O3. The van der Waals surface area contributed by atoms with Crippen molar-refractivity contribution in [1.82, 2.24) is 10.6 Å². The average Bonchev–Trinajstić information content (AvgIpc) is 3.01. The van der Waals surface area contributed by atoms with E-state index in [4.69, 9.17) is 0 Å². The van der Waals surface area contributed by atoms with Gasteiger partial charge in [0, 0.05) is 0 Å². The molecule has 1 amide bonds. The molecule has 1 aliphatic heterocycles. The van der Waals surface area contributed by atoms with Gasteiger partial charge >= 0.3 is 0 Å². The number of aliphatic hydroxyl groups is 1. The highest BCUT2D eigenvalue weighted by atomic mass is 16.3. The predicted octanol–water partition coefficient (Wildman–Crippen LogP) is 2.73. The molecule has 1 aromatic rings. The number of hydrogen-bond acceptors (Lipinski definition) is 4. The first-order valence-electron chi connectivity index (χ1n) is 9.84. The maximum Gasteiger partial charge on any atom is 0.255 e. The van der Waals surface area contributed by atoms with Gasteiger partial charge in [0.1, 0.15) is 5.75 Å². The van der Waals surface area contributed by atoms with Crippen LogP contribution in [0.3, 0.4) is 0 Å². The van der Waals surface area contributed by atoms with E-state index in [2.05, 4.69) is 24.5 Å². The molecule has 0 radical (unpaired) electrons. The maximum atomic E-state index is 12.9. The number of hydrogen-bond donors (Lipinski definition) is 4. The van der Waals surface area contributed by atoms with E-state index in [1.807, 2.05) is 19.9 Å². The zero-order chi connectivity index (χ0) is 19.0. The lowest BCUT2D eigenvalue weighted by atomic mass is 9.77. The summed E-state index contributed by atoms with van der Waals surface area (Å²) < 4.78 is 0. The second kappa shape index (κ2) is 7.57. The highest BCUT2D eigenvalue weighted by Gasteiger charge is 2.39. The van der Waals surface area contributed by atoms with E-state index in [1.165, 1.54) is 0 Å². The van der Waals surface area contributed by atoms with E-state index in [1.54, 1.807) is 6.07 Å². The molecule has 2 fully saturated rings. The van der Waals surface area contributed by atoms with Crippen LogP contribution in [0.4, 0.5) is 0 Å². The summed E-state index contributed by atoms with van der Waals surface area (Å²) in [5, 5.41) is 27.5. The Kier molecular flexibility index (Phi) is 5.58. The largest absolute Gasteiger partial charge is 0.507 e. The van der Waals surface area contributed by atoms with Crippen molar-refractivity contribution in [3.63, 3.8) is 0 Å². The highest BCUT2D eigenvalue weighted by molar-refractivity contribution is 5.97. The Morgan fingerprint density at radius 1 is 1.12 bits per heavy atom. The van der Waals surface area contributed by atoms with E-state index >= 15 is 0 Å². The van der Waals surface area contributed by atoms with Crippen molar-refractivity contribution in [1.29, 1.82) is 0 Å². The zero-order valence-electron chi connectivity index (χ0n) is 16.2. The first-order valence-corrected chi connectivity index (χ1v) is 9.84. The zero-order valence-corrected chi connectivity index (χ0v) is 16.2. The van der Waals surface area contributed by atoms with Crippen molar-refractivity contribution in [2.45, 2.75) is 64.5 Å². The summed E-state index contributed by atoms with van der Waals surface area (Å²) in [6.07, 6.45) is 0.976. The number of carbonyl (C=O) groups excluding carboxylic acids is 1. The normalized spacial score (nSPS) is 28.4. The number of rotatable bonds is 4. The van der Waals surface area contributed by atoms with Gasteiger partial charge in [-0.3, -0.25) is 4.79 Å². The Morgan fingerprint density at radius 3 is 2.38 bits per heavy atom. The number of carbonyl (C=O) groups is 1. The van der Waals surface area contributed by atoms with E-state index in [-0.39, 0.29) is 29.5 Å². The van der Waals surface area contributed by atoms with Crippen molar-refractivity contribution in [2.75, 3.05) is 13.1 Å². The average molecular weight is 360 g/mol. The fraction of sp³-hybridized carbons (Fsp3) is 0.667. The molecular weight excluding hydrogens is 328 g/mol. The van der Waals surface area contributed by atoms with Gasteiger partial charge in [-0.25, -0.2) is 0 Å². The third-order valence-electron chi connectivity index (χ3n) is 6.06. The van der Waals surface area contributed by atoms with Gasteiger partial charge in [0.05, 0.1) is 17.7 Å². The summed E-state index contributed by atoms with van der Waals surface area (Å²) in [4.78, 5) is 12.9. The standard InChI is InChI=1S/C21H32N2O3/c1-11(2)13-5-16(12(3)4)20(25)17(6-13)21(26)23-18-7-14-9-22-10-15(14)8-19(18)24/h5-6,11-12,14-15,18-19,22,24-25H,7-10H2,1-4H3,(H,23,26)/t14-,15+,18-,19-/m0/s1. The number of aromatic hydroxyl groups is 1. The molecule has 1 aromatic carbocycles. The van der Waals surface area contributed by atoms with Crippen molar-refractivity contribution < 1.29 is 15.0 Å². The van der Waals surface area contributed by atoms with Crippen LogP contribution >= 0.6 is 0 Å². The number of benzene rings is 1. The van der Waals surface area contributed by atoms with Crippen LogP contribution < -0.4 is 10.6 Å². The van der Waals surface area contributed by atoms with E-state index < -0.39 is 6.10 Å². The van der Waals surface area contributed by atoms with Crippen molar-refractivity contribution in [3.8, 4) is 5.75 Å². The lowest BCUT2D eigenvalue weighted by molar-refractivity contribution is 0.0461. The van der Waals surface area contributed by atoms with Gasteiger partial charge in [0.2, 0.25) is 0 Å². The smallest absolute Gasteiger partial charge is 0.255 e. The molecule has 5 heteroatoms. The predicted molar refractivity (Wildman–Crippen MR) is 103 cm³/mol. The summed E-state index contributed by atoms with van der Waals surface area (Å²) in [5.41, 5.74) is 2.16. The fourth-order valence-corrected chi connectivity index (χ4v) is 4.32. The quantitative estimate of drug-likeness (QED) is 0.665. The molecule has 4 atom stereocenters. The fourth-order valence-electron chi connectivity index (χ4n) is 4.32. The minimum Gasteiger partial charge on any atom is -0.507 e. The molecule has 26 heavy (non-hydrogen) atoms. The van der Waals surface area contributed by atoms with Gasteiger partial charge < -0.3 is 20.8 Å². The molecule has 0 unspecified atom stereocenters. The molecule has 1 aliphatic carbocycles. The third kappa shape index (κ3) is 3.74. The maximum absolute atomic E-state index is 12.9. The second-order valence-corrected chi connectivity index (χ2v) is 8.61. The Morgan fingerprint density at radius 2 is 1.77 bits per heavy atom. The Hall–Kier alpha value is -1.59. The molecule has 0 spiro atoms. The summed E-state index contributed by atoms with van der Waals surface area (Å²) in [5.74, 6) is 1.18. The van der Waals surface area contributed by atoms with Crippen molar-refractivity contribution in [2.24, 2.45) is 11.8 Å². The number of phenols is 1. The van der Waals surface area contributed by atoms with E-state index in [9.17, 15) is 15.0 Å². The number of fused-ring (bicyclic) bond motifs is 1. The van der Waals surface area contributed by atoms with Crippen LogP contribution in [0.5, 0.6) is 5.75 Å². The summed E-state index contributed by atoms with van der Waals surface area (Å²) in [6, 6.07) is 3.52. The molecule has 4 N–H and O–H groups in total. The monoisotopic (exact) mass is 360 g/mol. The minimum absolute atomic E-state index is 0.0626. The topological polar surface area (TPSA) is 81.6 Å². The number of phenolic OH excluding ortho intramolecular Hbond substituents is 1. The number of nitrogens with one attached hydrogen (secondary N) is 2. The van der Waals surface area contributed by atoms with Crippen LogP contribution in [-0.4, -0.2) is 41.4 Å². The van der Waals surface area contributed by atoms with Gasteiger partial charge in [-0.05, 0) is 66.8 Å². The second-order valence-electron chi connectivity index (χ2n) is 8.61. The number of amides is 1. The molecule has 5 nitrogen and oxygen atoms in total. The molecule has 1 heterocycles. The first kappa shape index (κ1) is 19.2. The highest BCUT2D eigenvalue weighted by Crippen LogP contribution is 2.35. The molecule has 1 saturated heterocycles. The van der Waals surface area contributed by atoms with Crippen molar-refractivity contribution >= 4 is 5.91 Å². The van der Waals surface area contributed by atoms with Gasteiger partial charge in [0.15, 0.2) is 0 Å². The molecule has 2 aliphatic rings. The number of aliphatic hydroxyl groups excluding tert-OH is 1. The summed E-state index contributed by atoms with van der Waals surface area (Å²) >= 11 is 0. The van der Waals surface area contributed by atoms with Crippen LogP contribution in [0.1, 0.15) is 73.9 Å². The van der Waals surface area contributed by atoms with Crippen LogP contribution in [-0.2, 0) is 0 Å².